The van der Waals surface area contributed by atoms with Gasteiger partial charge in [-0.05, 0) is 30.3 Å². The predicted octanol–water partition coefficient (Wildman–Crippen LogP) is 2.37. The number of nitrogens with zero attached hydrogens (tertiary/aromatic N) is 3. The van der Waals surface area contributed by atoms with Gasteiger partial charge in [0.05, 0.1) is 30.1 Å². The van der Waals surface area contributed by atoms with E-state index in [9.17, 15) is 22.8 Å². The molecular weight excluding hydrogens is 391 g/mol. The van der Waals surface area contributed by atoms with Crippen molar-refractivity contribution in [3.8, 4) is 11.4 Å². The van der Waals surface area contributed by atoms with Crippen LogP contribution in [0, 0.1) is 0 Å². The van der Waals surface area contributed by atoms with Crippen molar-refractivity contribution in [3.63, 3.8) is 0 Å². The number of hydrogen-bond acceptors (Lipinski definition) is 5. The molecule has 3 aromatic rings. The second-order valence-electron chi connectivity index (χ2n) is 5.69. The Morgan fingerprint density at radius 3 is 2.52 bits per heavy atom. The first-order valence-electron chi connectivity index (χ1n) is 8.11. The van der Waals surface area contributed by atoms with Crippen LogP contribution in [0.4, 0.5) is 13.2 Å². The van der Waals surface area contributed by atoms with Gasteiger partial charge in [-0.2, -0.15) is 18.3 Å². The molecule has 2 amide bonds. The van der Waals surface area contributed by atoms with Crippen LogP contribution < -0.4 is 15.6 Å². The van der Waals surface area contributed by atoms with Crippen molar-refractivity contribution >= 4 is 11.8 Å². The highest BCUT2D eigenvalue weighted by Gasteiger charge is 2.30. The average molecular weight is 405 g/mol. The van der Waals surface area contributed by atoms with Crippen LogP contribution >= 0.6 is 0 Å². The highest BCUT2D eigenvalue weighted by Crippen LogP contribution is 2.30. The van der Waals surface area contributed by atoms with E-state index in [1.807, 2.05) is 0 Å². The van der Waals surface area contributed by atoms with Gasteiger partial charge in [-0.3, -0.25) is 25.4 Å². The molecule has 0 aliphatic rings. The van der Waals surface area contributed by atoms with Crippen LogP contribution in [0.5, 0.6) is 5.75 Å². The van der Waals surface area contributed by atoms with Crippen molar-refractivity contribution in [3.05, 3.63) is 71.8 Å². The Morgan fingerprint density at radius 2 is 1.86 bits per heavy atom. The molecule has 29 heavy (non-hydrogen) atoms. The lowest BCUT2D eigenvalue weighted by molar-refractivity contribution is -0.137. The van der Waals surface area contributed by atoms with Gasteiger partial charge < -0.3 is 4.74 Å². The lowest BCUT2D eigenvalue weighted by Gasteiger charge is -2.08. The van der Waals surface area contributed by atoms with Gasteiger partial charge in [-0.25, -0.2) is 4.68 Å². The lowest BCUT2D eigenvalue weighted by atomic mass is 10.2. The summed E-state index contributed by atoms with van der Waals surface area (Å²) < 4.78 is 44.9. The predicted molar refractivity (Wildman–Crippen MR) is 94.3 cm³/mol. The summed E-state index contributed by atoms with van der Waals surface area (Å²) in [4.78, 5) is 28.1. The van der Waals surface area contributed by atoms with E-state index in [1.165, 1.54) is 43.9 Å². The molecule has 3 rings (SSSR count). The number of benzene rings is 1. The van der Waals surface area contributed by atoms with E-state index < -0.39 is 23.6 Å². The maximum Gasteiger partial charge on any atom is 0.416 e. The smallest absolute Gasteiger partial charge is 0.416 e. The van der Waals surface area contributed by atoms with E-state index in [1.54, 1.807) is 6.07 Å². The van der Waals surface area contributed by atoms with Crippen LogP contribution in [0.25, 0.3) is 5.69 Å². The van der Waals surface area contributed by atoms with Crippen molar-refractivity contribution in [2.24, 2.45) is 0 Å². The molecule has 2 aromatic heterocycles. The van der Waals surface area contributed by atoms with Gasteiger partial charge in [0.15, 0.2) is 11.4 Å². The quantitative estimate of drug-likeness (QED) is 0.650. The number of ether oxygens (including phenoxy) is 1. The van der Waals surface area contributed by atoms with Gasteiger partial charge in [0.25, 0.3) is 11.8 Å². The van der Waals surface area contributed by atoms with Crippen molar-refractivity contribution in [1.29, 1.82) is 0 Å². The summed E-state index contributed by atoms with van der Waals surface area (Å²) in [6.45, 7) is 0. The topological polar surface area (TPSA) is 98.1 Å². The molecule has 0 radical (unpaired) electrons. The Kier molecular flexibility index (Phi) is 5.48. The minimum absolute atomic E-state index is 0.00976. The van der Waals surface area contributed by atoms with Gasteiger partial charge >= 0.3 is 6.18 Å². The lowest BCUT2D eigenvalue weighted by Crippen LogP contribution is -2.42. The first-order chi connectivity index (χ1) is 13.8. The molecule has 0 saturated carbocycles. The molecule has 0 saturated heterocycles. The standard InChI is InChI=1S/C18H14F3N5O3/c1-29-14-10-26(13-6-2-5-12(8-13)18(19,20)21)25-15(14)17(28)24-23-16(27)11-4-3-7-22-9-11/h2-10H,1H3,(H,23,27)(H,24,28). The monoisotopic (exact) mass is 405 g/mol. The highest BCUT2D eigenvalue weighted by atomic mass is 19.4. The molecule has 0 unspecified atom stereocenters. The maximum absolute atomic E-state index is 12.9. The molecule has 0 atom stereocenters. The molecule has 11 heteroatoms. The number of halogens is 3. The number of nitrogens with one attached hydrogen (secondary N) is 2. The summed E-state index contributed by atoms with van der Waals surface area (Å²) in [5.74, 6) is -1.41. The van der Waals surface area contributed by atoms with Crippen LogP contribution in [0.15, 0.2) is 55.0 Å². The van der Waals surface area contributed by atoms with Crippen LogP contribution in [0.2, 0.25) is 0 Å². The number of alkyl halides is 3. The van der Waals surface area contributed by atoms with Gasteiger partial charge in [0.2, 0.25) is 0 Å². The number of pyridine rings is 1. The van der Waals surface area contributed by atoms with Crippen LogP contribution in [-0.4, -0.2) is 33.7 Å². The molecule has 0 bridgehead atoms. The SMILES string of the molecule is COc1cn(-c2cccc(C(F)(F)F)c2)nc1C(=O)NNC(=O)c1cccnc1. The Hall–Kier alpha value is -3.89. The molecule has 0 fully saturated rings. The van der Waals surface area contributed by atoms with Gasteiger partial charge in [-0.1, -0.05) is 6.07 Å². The third kappa shape index (κ3) is 4.51. The number of rotatable bonds is 4. The minimum atomic E-state index is -4.52. The maximum atomic E-state index is 12.9. The Morgan fingerprint density at radius 1 is 1.10 bits per heavy atom. The first kappa shape index (κ1) is 19.9. The van der Waals surface area contributed by atoms with E-state index in [4.69, 9.17) is 4.74 Å². The number of aromatic nitrogens is 3. The molecule has 1 aromatic carbocycles. The molecular formula is C18H14F3N5O3. The zero-order valence-electron chi connectivity index (χ0n) is 14.9. The number of methoxy groups -OCH3 is 1. The molecule has 0 aliphatic heterocycles. The van der Waals surface area contributed by atoms with Crippen molar-refractivity contribution in [1.82, 2.24) is 25.6 Å². The fourth-order valence-corrected chi connectivity index (χ4v) is 2.36. The molecule has 0 aliphatic carbocycles. The molecule has 150 valence electrons. The summed E-state index contributed by atoms with van der Waals surface area (Å²) >= 11 is 0. The zero-order chi connectivity index (χ0) is 21.0. The van der Waals surface area contributed by atoms with E-state index in [0.717, 1.165) is 16.8 Å². The second-order valence-corrected chi connectivity index (χ2v) is 5.69. The van der Waals surface area contributed by atoms with Crippen LogP contribution in [0.3, 0.4) is 0 Å². The van der Waals surface area contributed by atoms with E-state index in [2.05, 4.69) is 20.9 Å². The van der Waals surface area contributed by atoms with Gasteiger partial charge in [0, 0.05) is 12.4 Å². The number of carbonyl (C=O) groups is 2. The summed E-state index contributed by atoms with van der Waals surface area (Å²) in [5, 5.41) is 3.97. The fourth-order valence-electron chi connectivity index (χ4n) is 2.36. The average Bonchev–Trinajstić information content (AvgIpc) is 3.16. The summed E-state index contributed by atoms with van der Waals surface area (Å²) in [7, 11) is 1.28. The van der Waals surface area contributed by atoms with Crippen molar-refractivity contribution < 1.29 is 27.5 Å². The van der Waals surface area contributed by atoms with E-state index in [-0.39, 0.29) is 22.7 Å². The molecule has 8 nitrogen and oxygen atoms in total. The van der Waals surface area contributed by atoms with Crippen LogP contribution in [0.1, 0.15) is 26.4 Å². The zero-order valence-corrected chi connectivity index (χ0v) is 14.9. The fraction of sp³-hybridized carbons (Fsp3) is 0.111. The van der Waals surface area contributed by atoms with Gasteiger partial charge in [-0.15, -0.1) is 0 Å². The number of amides is 2. The molecule has 2 heterocycles. The number of hydrogen-bond donors (Lipinski definition) is 2. The van der Waals surface area contributed by atoms with Crippen molar-refractivity contribution in [2.45, 2.75) is 6.18 Å². The Balaban J connectivity index is 1.79. The van der Waals surface area contributed by atoms with E-state index >= 15 is 0 Å². The summed E-state index contributed by atoms with van der Waals surface area (Å²) in [5.41, 5.74) is 3.57. The highest BCUT2D eigenvalue weighted by molar-refractivity contribution is 5.99. The largest absolute Gasteiger partial charge is 0.493 e. The van der Waals surface area contributed by atoms with E-state index in [0.29, 0.717) is 0 Å². The second kappa shape index (κ2) is 8.00. The Bertz CT molecular complexity index is 1030. The third-order valence-electron chi connectivity index (χ3n) is 3.77. The summed E-state index contributed by atoms with van der Waals surface area (Å²) in [6, 6.07) is 7.48. The number of hydrazine groups is 1. The molecule has 0 spiro atoms. The Labute approximate surface area is 162 Å². The van der Waals surface area contributed by atoms with Crippen molar-refractivity contribution in [2.75, 3.05) is 7.11 Å². The normalized spacial score (nSPS) is 11.0. The number of carbonyl (C=O) groups excluding carboxylic acids is 2. The third-order valence-corrected chi connectivity index (χ3v) is 3.77. The van der Waals surface area contributed by atoms with Gasteiger partial charge in [0.1, 0.15) is 0 Å². The minimum Gasteiger partial charge on any atom is -0.493 e. The first-order valence-corrected chi connectivity index (χ1v) is 8.11. The molecule has 2 N–H and O–H groups in total. The van der Waals surface area contributed by atoms with Crippen LogP contribution in [-0.2, 0) is 6.18 Å². The summed E-state index contributed by atoms with van der Waals surface area (Å²) in [6.07, 6.45) is -0.470.